The maximum absolute atomic E-state index is 11.8. The van der Waals surface area contributed by atoms with E-state index in [9.17, 15) is 4.79 Å². The molecule has 0 spiro atoms. The smallest absolute Gasteiger partial charge is 0.321 e. The lowest BCUT2D eigenvalue weighted by Gasteiger charge is -2.45. The lowest BCUT2D eigenvalue weighted by atomic mass is 9.94. The number of rotatable bonds is 2. The van der Waals surface area contributed by atoms with E-state index in [4.69, 9.17) is 10.5 Å². The number of methoxy groups -OCH3 is 1. The number of hydrogen-bond donors (Lipinski definition) is 2. The molecule has 1 fully saturated rings. The molecular formula is C12H17N3O2. The number of hydrogen-bond acceptors (Lipinski definition) is 3. The van der Waals surface area contributed by atoms with Crippen LogP contribution < -0.4 is 15.8 Å². The van der Waals surface area contributed by atoms with Gasteiger partial charge in [-0.3, -0.25) is 0 Å². The predicted molar refractivity (Wildman–Crippen MR) is 66.2 cm³/mol. The van der Waals surface area contributed by atoms with Crippen LogP contribution >= 0.6 is 0 Å². The van der Waals surface area contributed by atoms with Crippen LogP contribution in [0, 0.1) is 0 Å². The molecule has 17 heavy (non-hydrogen) atoms. The molecule has 2 amide bonds. The molecule has 92 valence electrons. The summed E-state index contributed by atoms with van der Waals surface area (Å²) in [4.78, 5) is 13.5. The Bertz CT molecular complexity index is 424. The first kappa shape index (κ1) is 11.7. The molecule has 0 bridgehead atoms. The van der Waals surface area contributed by atoms with Crippen LogP contribution in [0.1, 0.15) is 6.92 Å². The molecule has 3 N–H and O–H groups in total. The summed E-state index contributed by atoms with van der Waals surface area (Å²) in [6.45, 7) is 3.11. The molecule has 1 aromatic rings. The van der Waals surface area contributed by atoms with Crippen LogP contribution in [0.4, 0.5) is 10.5 Å². The topological polar surface area (TPSA) is 67.6 Å². The van der Waals surface area contributed by atoms with Crippen molar-refractivity contribution in [2.75, 3.05) is 25.5 Å². The maximum atomic E-state index is 11.8. The standard InChI is InChI=1S/C12H17N3O2/c1-12(13)7-15(8-12)11(16)14-9-4-3-5-10(6-9)17-2/h3-6H,7-8,13H2,1-2H3,(H,14,16). The molecular weight excluding hydrogens is 218 g/mol. The Labute approximate surface area is 101 Å². The fraction of sp³-hybridized carbons (Fsp3) is 0.417. The average molecular weight is 235 g/mol. The lowest BCUT2D eigenvalue weighted by Crippen LogP contribution is -2.67. The van der Waals surface area contributed by atoms with Crippen molar-refractivity contribution >= 4 is 11.7 Å². The molecule has 1 aromatic carbocycles. The monoisotopic (exact) mass is 235 g/mol. The van der Waals surface area contributed by atoms with Crippen LogP contribution in [-0.4, -0.2) is 36.7 Å². The number of urea groups is 1. The first-order valence-corrected chi connectivity index (χ1v) is 5.49. The van der Waals surface area contributed by atoms with E-state index in [1.807, 2.05) is 25.1 Å². The minimum absolute atomic E-state index is 0.124. The molecule has 5 nitrogen and oxygen atoms in total. The summed E-state index contributed by atoms with van der Waals surface area (Å²) in [5.74, 6) is 0.718. The van der Waals surface area contributed by atoms with Crippen molar-refractivity contribution in [2.45, 2.75) is 12.5 Å². The van der Waals surface area contributed by atoms with Crippen molar-refractivity contribution in [1.82, 2.24) is 4.90 Å². The molecule has 0 unspecified atom stereocenters. The van der Waals surface area contributed by atoms with Crippen LogP contribution in [0.5, 0.6) is 5.75 Å². The van der Waals surface area contributed by atoms with Crippen molar-refractivity contribution in [1.29, 1.82) is 0 Å². The van der Waals surface area contributed by atoms with E-state index in [1.165, 1.54) is 0 Å². The zero-order valence-corrected chi connectivity index (χ0v) is 10.1. The summed E-state index contributed by atoms with van der Waals surface area (Å²) in [6.07, 6.45) is 0. The third-order valence-electron chi connectivity index (χ3n) is 2.71. The van der Waals surface area contributed by atoms with E-state index >= 15 is 0 Å². The number of carbonyl (C=O) groups excluding carboxylic acids is 1. The van der Waals surface area contributed by atoms with E-state index in [0.717, 1.165) is 11.4 Å². The van der Waals surface area contributed by atoms with E-state index in [0.29, 0.717) is 13.1 Å². The van der Waals surface area contributed by atoms with Crippen LogP contribution in [-0.2, 0) is 0 Å². The van der Waals surface area contributed by atoms with Gasteiger partial charge in [-0.2, -0.15) is 0 Å². The van der Waals surface area contributed by atoms with Gasteiger partial charge in [-0.1, -0.05) is 6.07 Å². The van der Waals surface area contributed by atoms with Gasteiger partial charge in [0.15, 0.2) is 0 Å². The highest BCUT2D eigenvalue weighted by molar-refractivity contribution is 5.90. The number of nitrogens with zero attached hydrogens (tertiary/aromatic N) is 1. The Morgan fingerprint density at radius 3 is 2.82 bits per heavy atom. The molecule has 1 aliphatic rings. The number of anilines is 1. The van der Waals surface area contributed by atoms with Gasteiger partial charge in [0, 0.05) is 30.4 Å². The number of likely N-dealkylation sites (tertiary alicyclic amines) is 1. The summed E-state index contributed by atoms with van der Waals surface area (Å²) in [5, 5.41) is 2.81. The molecule has 1 heterocycles. The van der Waals surface area contributed by atoms with Crippen molar-refractivity contribution < 1.29 is 9.53 Å². The molecule has 5 heteroatoms. The SMILES string of the molecule is COc1cccc(NC(=O)N2CC(C)(N)C2)c1. The first-order chi connectivity index (χ1) is 8.00. The third kappa shape index (κ3) is 2.68. The fourth-order valence-electron chi connectivity index (χ4n) is 1.87. The third-order valence-corrected chi connectivity index (χ3v) is 2.71. The molecule has 0 aromatic heterocycles. The molecule has 0 saturated carbocycles. The summed E-state index contributed by atoms with van der Waals surface area (Å²) in [5.41, 5.74) is 6.32. The molecule has 1 saturated heterocycles. The van der Waals surface area contributed by atoms with Gasteiger partial charge in [0.2, 0.25) is 0 Å². The van der Waals surface area contributed by atoms with Crippen LogP contribution in [0.15, 0.2) is 24.3 Å². The van der Waals surface area contributed by atoms with Crippen LogP contribution in [0.3, 0.4) is 0 Å². The number of nitrogens with one attached hydrogen (secondary N) is 1. The highest BCUT2D eigenvalue weighted by Crippen LogP contribution is 2.20. The first-order valence-electron chi connectivity index (χ1n) is 5.49. The number of amides is 2. The quantitative estimate of drug-likeness (QED) is 0.811. The second-order valence-electron chi connectivity index (χ2n) is 4.67. The molecule has 1 aliphatic heterocycles. The Morgan fingerprint density at radius 2 is 2.24 bits per heavy atom. The van der Waals surface area contributed by atoms with Gasteiger partial charge < -0.3 is 20.7 Å². The highest BCUT2D eigenvalue weighted by atomic mass is 16.5. The molecule has 0 aliphatic carbocycles. The summed E-state index contributed by atoms with van der Waals surface area (Å²) in [7, 11) is 1.59. The zero-order valence-electron chi connectivity index (χ0n) is 10.1. The Morgan fingerprint density at radius 1 is 1.53 bits per heavy atom. The van der Waals surface area contributed by atoms with E-state index in [-0.39, 0.29) is 11.6 Å². The second-order valence-corrected chi connectivity index (χ2v) is 4.67. The van der Waals surface area contributed by atoms with Gasteiger partial charge in [-0.25, -0.2) is 4.79 Å². The minimum Gasteiger partial charge on any atom is -0.497 e. The lowest BCUT2D eigenvalue weighted by molar-refractivity contribution is 0.117. The van der Waals surface area contributed by atoms with Crippen molar-refractivity contribution in [3.63, 3.8) is 0 Å². The molecule has 2 rings (SSSR count). The van der Waals surface area contributed by atoms with Gasteiger partial charge >= 0.3 is 6.03 Å². The summed E-state index contributed by atoms with van der Waals surface area (Å²) >= 11 is 0. The van der Waals surface area contributed by atoms with Gasteiger partial charge in [0.05, 0.1) is 7.11 Å². The van der Waals surface area contributed by atoms with Crippen molar-refractivity contribution in [2.24, 2.45) is 5.73 Å². The van der Waals surface area contributed by atoms with Gasteiger partial charge in [0.1, 0.15) is 5.75 Å². The van der Waals surface area contributed by atoms with Crippen LogP contribution in [0.2, 0.25) is 0 Å². The van der Waals surface area contributed by atoms with Gasteiger partial charge in [0.25, 0.3) is 0 Å². The number of benzene rings is 1. The number of ether oxygens (including phenoxy) is 1. The zero-order chi connectivity index (χ0) is 12.5. The number of carbonyl (C=O) groups is 1. The maximum Gasteiger partial charge on any atom is 0.321 e. The Hall–Kier alpha value is -1.75. The van der Waals surface area contributed by atoms with Crippen molar-refractivity contribution in [3.05, 3.63) is 24.3 Å². The molecule has 0 atom stereocenters. The largest absolute Gasteiger partial charge is 0.497 e. The predicted octanol–water partition coefficient (Wildman–Crippen LogP) is 1.26. The molecule has 0 radical (unpaired) electrons. The summed E-state index contributed by atoms with van der Waals surface area (Å²) in [6, 6.07) is 7.14. The fourth-order valence-corrected chi connectivity index (χ4v) is 1.87. The normalized spacial score (nSPS) is 17.2. The van der Waals surface area contributed by atoms with E-state index in [1.54, 1.807) is 18.1 Å². The average Bonchev–Trinajstić information content (AvgIpc) is 2.26. The van der Waals surface area contributed by atoms with E-state index < -0.39 is 0 Å². The second kappa shape index (κ2) is 4.25. The Kier molecular flexibility index (Phi) is 2.93. The highest BCUT2D eigenvalue weighted by Gasteiger charge is 2.37. The minimum atomic E-state index is -0.244. The summed E-state index contributed by atoms with van der Waals surface area (Å²) < 4.78 is 5.09. The number of nitrogens with two attached hydrogens (primary N) is 1. The van der Waals surface area contributed by atoms with Gasteiger partial charge in [-0.15, -0.1) is 0 Å². The van der Waals surface area contributed by atoms with Crippen LogP contribution in [0.25, 0.3) is 0 Å². The van der Waals surface area contributed by atoms with E-state index in [2.05, 4.69) is 5.32 Å². The van der Waals surface area contributed by atoms with Crippen molar-refractivity contribution in [3.8, 4) is 5.75 Å². The Balaban J connectivity index is 1.94. The van der Waals surface area contributed by atoms with Gasteiger partial charge in [-0.05, 0) is 19.1 Å².